The van der Waals surface area contributed by atoms with Crippen molar-refractivity contribution in [1.29, 1.82) is 0 Å². The Hall–Kier alpha value is -1.63. The lowest BCUT2D eigenvalue weighted by atomic mass is 9.93. The third-order valence-corrected chi connectivity index (χ3v) is 6.17. The van der Waals surface area contributed by atoms with E-state index in [1.54, 1.807) is 0 Å². The first kappa shape index (κ1) is 21.1. The number of hydrogen-bond donors (Lipinski definition) is 0. The van der Waals surface area contributed by atoms with Crippen LogP contribution < -0.4 is 0 Å². The van der Waals surface area contributed by atoms with Crippen molar-refractivity contribution in [1.82, 2.24) is 14.7 Å². The van der Waals surface area contributed by atoms with Crippen LogP contribution in [0.4, 0.5) is 0 Å². The number of morpholine rings is 1. The molecule has 0 N–H and O–H groups in total. The highest BCUT2D eigenvalue weighted by Gasteiger charge is 2.42. The Balaban J connectivity index is 1.52. The maximum absolute atomic E-state index is 12.9. The number of carbonyl (C=O) groups excluding carboxylic acids is 3. The average Bonchev–Trinajstić information content (AvgIpc) is 3.02. The molecule has 3 fully saturated rings. The van der Waals surface area contributed by atoms with E-state index < -0.39 is 0 Å². The molecule has 3 atom stereocenters. The number of ether oxygens (including phenoxy) is 1. The van der Waals surface area contributed by atoms with E-state index in [0.717, 1.165) is 0 Å². The summed E-state index contributed by atoms with van der Waals surface area (Å²) in [5.74, 6) is 0.0629. The lowest BCUT2D eigenvalue weighted by molar-refractivity contribution is -0.150. The Morgan fingerprint density at radius 1 is 0.893 bits per heavy atom. The highest BCUT2D eigenvalue weighted by atomic mass is 16.5. The Morgan fingerprint density at radius 2 is 1.43 bits per heavy atom. The van der Waals surface area contributed by atoms with E-state index in [1.807, 2.05) is 49.3 Å². The average molecular weight is 394 g/mol. The first-order valence-electron chi connectivity index (χ1n) is 10.6. The lowest BCUT2D eigenvalue weighted by Gasteiger charge is -2.39. The molecule has 7 heteroatoms. The normalized spacial score (nSPS) is 30.1. The highest BCUT2D eigenvalue weighted by Crippen LogP contribution is 2.29. The zero-order chi connectivity index (χ0) is 20.6. The van der Waals surface area contributed by atoms with Crippen LogP contribution in [0.3, 0.4) is 0 Å². The Labute approximate surface area is 168 Å². The molecule has 28 heavy (non-hydrogen) atoms. The van der Waals surface area contributed by atoms with Gasteiger partial charge in [-0.05, 0) is 47.5 Å². The van der Waals surface area contributed by atoms with Gasteiger partial charge in [-0.15, -0.1) is 0 Å². The minimum absolute atomic E-state index is 0.0159. The summed E-state index contributed by atoms with van der Waals surface area (Å²) in [6.45, 7) is 13.0. The fraction of sp³-hybridized carbons (Fsp3) is 0.857. The lowest BCUT2D eigenvalue weighted by Crippen LogP contribution is -2.52. The number of piperidine rings is 1. The van der Waals surface area contributed by atoms with Crippen LogP contribution in [0.2, 0.25) is 0 Å². The molecule has 3 aliphatic heterocycles. The zero-order valence-corrected chi connectivity index (χ0v) is 17.9. The van der Waals surface area contributed by atoms with E-state index in [9.17, 15) is 14.4 Å². The maximum Gasteiger partial charge on any atom is 0.227 e. The molecule has 3 amide bonds. The molecular formula is C21H35N3O4. The highest BCUT2D eigenvalue weighted by molar-refractivity contribution is 5.90. The van der Waals surface area contributed by atoms with Crippen molar-refractivity contribution >= 4 is 17.7 Å². The second kappa shape index (κ2) is 8.01. The van der Waals surface area contributed by atoms with Crippen molar-refractivity contribution < 1.29 is 19.1 Å². The second-order valence-electron chi connectivity index (χ2n) is 9.68. The van der Waals surface area contributed by atoms with Gasteiger partial charge in [0.05, 0.1) is 18.1 Å². The summed E-state index contributed by atoms with van der Waals surface area (Å²) in [6.07, 6.45) is 1.85. The number of likely N-dealkylation sites (tertiary alicyclic amines) is 2. The topological polar surface area (TPSA) is 70.2 Å². The smallest absolute Gasteiger partial charge is 0.227 e. The van der Waals surface area contributed by atoms with Crippen molar-refractivity contribution in [2.24, 2.45) is 11.8 Å². The molecule has 0 aromatic rings. The molecule has 0 radical (unpaired) electrons. The molecule has 0 aromatic carbocycles. The molecule has 3 saturated heterocycles. The van der Waals surface area contributed by atoms with Crippen LogP contribution in [0.15, 0.2) is 0 Å². The predicted octanol–water partition coefficient (Wildman–Crippen LogP) is 1.51. The molecule has 3 aliphatic rings. The summed E-state index contributed by atoms with van der Waals surface area (Å²) in [4.78, 5) is 43.7. The third-order valence-electron chi connectivity index (χ3n) is 6.17. The van der Waals surface area contributed by atoms with Gasteiger partial charge in [0.25, 0.3) is 0 Å². The minimum atomic E-state index is -0.252. The number of carbonyl (C=O) groups is 3. The van der Waals surface area contributed by atoms with Gasteiger partial charge in [-0.2, -0.15) is 0 Å². The second-order valence-corrected chi connectivity index (χ2v) is 9.68. The van der Waals surface area contributed by atoms with E-state index in [-0.39, 0.29) is 47.3 Å². The minimum Gasteiger partial charge on any atom is -0.372 e. The quantitative estimate of drug-likeness (QED) is 0.713. The molecule has 0 spiro atoms. The summed E-state index contributed by atoms with van der Waals surface area (Å²) in [7, 11) is 0. The predicted molar refractivity (Wildman–Crippen MR) is 105 cm³/mol. The van der Waals surface area contributed by atoms with Gasteiger partial charge in [0, 0.05) is 50.6 Å². The SMILES string of the molecule is CC1CN(C(=O)C2CCN(C(=O)C3CC(=O)N(C(C)(C)C)C3)CC2)CC(C)O1. The van der Waals surface area contributed by atoms with Crippen LogP contribution in [-0.2, 0) is 19.1 Å². The summed E-state index contributed by atoms with van der Waals surface area (Å²) < 4.78 is 5.72. The van der Waals surface area contributed by atoms with Crippen LogP contribution in [0.5, 0.6) is 0 Å². The molecule has 3 rings (SSSR count). The third kappa shape index (κ3) is 4.50. The van der Waals surface area contributed by atoms with Gasteiger partial charge >= 0.3 is 0 Å². The van der Waals surface area contributed by atoms with Crippen LogP contribution in [-0.4, -0.2) is 82.9 Å². The van der Waals surface area contributed by atoms with Crippen molar-refractivity contribution in [2.45, 2.75) is 71.6 Å². The number of hydrogen-bond acceptors (Lipinski definition) is 4. The van der Waals surface area contributed by atoms with E-state index >= 15 is 0 Å². The van der Waals surface area contributed by atoms with Gasteiger partial charge in [-0.3, -0.25) is 14.4 Å². The van der Waals surface area contributed by atoms with Crippen LogP contribution >= 0.6 is 0 Å². The molecule has 3 unspecified atom stereocenters. The summed E-state index contributed by atoms with van der Waals surface area (Å²) in [6, 6.07) is 0. The summed E-state index contributed by atoms with van der Waals surface area (Å²) in [5, 5.41) is 0. The van der Waals surface area contributed by atoms with Gasteiger partial charge in [0.15, 0.2) is 0 Å². The molecule has 158 valence electrons. The van der Waals surface area contributed by atoms with Crippen LogP contribution in [0.25, 0.3) is 0 Å². The first-order chi connectivity index (χ1) is 13.1. The molecule has 7 nitrogen and oxygen atoms in total. The van der Waals surface area contributed by atoms with Gasteiger partial charge in [-0.1, -0.05) is 0 Å². The van der Waals surface area contributed by atoms with Crippen LogP contribution in [0.1, 0.15) is 53.9 Å². The van der Waals surface area contributed by atoms with E-state index in [0.29, 0.717) is 52.0 Å². The van der Waals surface area contributed by atoms with Gasteiger partial charge in [0.1, 0.15) is 0 Å². The Morgan fingerprint density at radius 3 is 1.93 bits per heavy atom. The maximum atomic E-state index is 12.9. The van der Waals surface area contributed by atoms with E-state index in [1.165, 1.54) is 0 Å². The van der Waals surface area contributed by atoms with Crippen molar-refractivity contribution in [3.05, 3.63) is 0 Å². The van der Waals surface area contributed by atoms with Gasteiger partial charge in [0.2, 0.25) is 17.7 Å². The number of amides is 3. The molecule has 0 bridgehead atoms. The largest absolute Gasteiger partial charge is 0.372 e. The summed E-state index contributed by atoms with van der Waals surface area (Å²) >= 11 is 0. The number of rotatable bonds is 2. The zero-order valence-electron chi connectivity index (χ0n) is 17.9. The fourth-order valence-corrected chi connectivity index (χ4v) is 4.74. The fourth-order valence-electron chi connectivity index (χ4n) is 4.74. The molecule has 0 aromatic heterocycles. The van der Waals surface area contributed by atoms with E-state index in [2.05, 4.69) is 0 Å². The molecular weight excluding hydrogens is 358 g/mol. The summed E-state index contributed by atoms with van der Waals surface area (Å²) in [5.41, 5.74) is -0.252. The number of nitrogens with zero attached hydrogens (tertiary/aromatic N) is 3. The molecule has 3 heterocycles. The Bertz CT molecular complexity index is 612. The first-order valence-corrected chi connectivity index (χ1v) is 10.6. The van der Waals surface area contributed by atoms with Gasteiger partial charge < -0.3 is 19.4 Å². The van der Waals surface area contributed by atoms with Crippen molar-refractivity contribution in [3.63, 3.8) is 0 Å². The Kier molecular flexibility index (Phi) is 6.03. The molecule has 0 aliphatic carbocycles. The standard InChI is InChI=1S/C21H35N3O4/c1-14-11-23(12-15(2)28-14)19(26)16-6-8-22(9-7-16)20(27)17-10-18(25)24(13-17)21(3,4)5/h14-17H,6-13H2,1-5H3. The van der Waals surface area contributed by atoms with Crippen molar-refractivity contribution in [2.75, 3.05) is 32.7 Å². The van der Waals surface area contributed by atoms with Crippen LogP contribution in [0, 0.1) is 11.8 Å². The monoisotopic (exact) mass is 393 g/mol. The van der Waals surface area contributed by atoms with E-state index in [4.69, 9.17) is 4.74 Å². The van der Waals surface area contributed by atoms with Gasteiger partial charge in [-0.25, -0.2) is 0 Å². The molecule has 0 saturated carbocycles. The van der Waals surface area contributed by atoms with Crippen molar-refractivity contribution in [3.8, 4) is 0 Å².